The molecule has 0 saturated carbocycles. The average molecular weight is 1600 g/mol. The summed E-state index contributed by atoms with van der Waals surface area (Å²) in [7, 11) is 6.16. The Morgan fingerprint density at radius 2 is 0.827 bits per heavy atom. The van der Waals surface area contributed by atoms with Gasteiger partial charge >= 0.3 is 30.0 Å². The highest BCUT2D eigenvalue weighted by atomic mass is 16.8. The van der Waals surface area contributed by atoms with Crippen LogP contribution in [0.4, 0.5) is 4.79 Å². The summed E-state index contributed by atoms with van der Waals surface area (Å²) in [6, 6.07) is 31.7. The lowest BCUT2D eigenvalue weighted by Gasteiger charge is -2.21. The Morgan fingerprint density at radius 3 is 1.05 bits per heavy atom. The zero-order valence-corrected chi connectivity index (χ0v) is 65.0. The van der Waals surface area contributed by atoms with Crippen LogP contribution >= 0.6 is 0 Å². The standard InChI is InChI=1S/C9H12O2.C8H10O2.C7H15NO2.C7H8O.C6H13NO2.C6H12O3.C6H6O.C5H11NO2.C5H14NO.C5H10O4.C4H10O.C3H8O.C2H7NO.9CH4/c1-2-11-9-6-4-3-5-8(9)7-10;1-2-10-8-6-4-3-5-7(8)9;1-4-6(8)7(9)10-5(2)3;8-6-7-4-2-1-3-5-7;1-4(2)9-6(8)5(3)7;1-6(2,3)5(8)9-4-7;7-6-4-2-1-3-5-6;1-4(2)8-5(7)3-6;1-6(2,3)4-5-7;1-4(2)9-5(7)8-3-6;1-4(2,3)5;1-3(2)4;3-1-2-4;;;;;;;;;/h3-6,10H,2,7H2,1H3;3-6,9H,2H2,1H3;5-6H,4,8H2,1-3H3;1-5,8H,6H2;4-5H,7H2,1-3H3;7H,4H2,1-3H3;1-5,7H;4H,3,6H2,1-2H3;7H,4-5H2,1-3H3;4,6H,3H2,1-2H3;5H,1-3H3;3-4H,1-2H3;4H,1-3H2;9*1H4/q;;;;;;;;+1;;;;;;;;;;;;;. The molecule has 0 amide bonds. The Labute approximate surface area is 670 Å². The molecule has 110 heavy (non-hydrogen) atoms. The van der Waals surface area contributed by atoms with Gasteiger partial charge in [-0.3, -0.25) is 19.2 Å². The number of carbonyl (C=O) groups excluding carboxylic acids is 5. The van der Waals surface area contributed by atoms with Gasteiger partial charge in [0.2, 0.25) is 0 Å². The molecule has 2 atom stereocenters. The molecule has 0 radical (unpaired) electrons. The smallest absolute Gasteiger partial charge is 0.508 e. The SMILES string of the molecule is C.C.C.C.C.C.C.C.C.CC(C)(C)C(=O)OCO.CC(C)(C)O.CC(C)O.CC(C)OC(=O)C(C)N.CC(C)OC(=O)CN.CC(C)OC(=O)OCO.CCC(N)C(=O)OC(C)C.CCOc1ccccc1CO.CCOc1ccccc1O.C[N+](C)(C)CCO.NCCO.OCc1ccccc1.Oc1ccccc1. The molecule has 0 heterocycles. The van der Waals surface area contributed by atoms with Gasteiger partial charge in [-0.2, -0.15) is 0 Å². The van der Waals surface area contributed by atoms with E-state index >= 15 is 0 Å². The number of nitrogens with zero attached hydrogens (tertiary/aromatic N) is 1. The predicted molar refractivity (Wildman–Crippen MR) is 456 cm³/mol. The third-order valence-electron chi connectivity index (χ3n) is 8.96. The van der Waals surface area contributed by atoms with Crippen molar-refractivity contribution in [3.8, 4) is 23.0 Å². The van der Waals surface area contributed by atoms with E-state index in [1.807, 2.05) is 87.5 Å². The fourth-order valence-corrected chi connectivity index (χ4v) is 4.67. The van der Waals surface area contributed by atoms with E-state index in [0.717, 1.165) is 27.9 Å². The molecule has 18 N–H and O–H groups in total. The van der Waals surface area contributed by atoms with Gasteiger partial charge < -0.3 is 116 Å². The van der Waals surface area contributed by atoms with Crippen LogP contribution in [0, 0.1) is 5.41 Å². The molecule has 28 heteroatoms. The summed E-state index contributed by atoms with van der Waals surface area (Å²) < 4.78 is 38.3. The van der Waals surface area contributed by atoms with Gasteiger partial charge in [-0.15, -0.1) is 0 Å². The summed E-state index contributed by atoms with van der Waals surface area (Å²) in [5, 5.41) is 84.0. The number of phenolic OH excluding ortho intramolecular Hbond substituents is 2. The van der Waals surface area contributed by atoms with Crippen molar-refractivity contribution in [2.24, 2.45) is 28.3 Å². The van der Waals surface area contributed by atoms with Crippen LogP contribution in [-0.4, -0.2) is 215 Å². The largest absolute Gasteiger partial charge is 0.510 e. The third kappa shape index (κ3) is 136. The Balaban J connectivity index is -0.0000000521. The maximum absolute atomic E-state index is 10.8. The van der Waals surface area contributed by atoms with E-state index in [9.17, 15) is 24.0 Å². The predicted octanol–water partition coefficient (Wildman–Crippen LogP) is 13.3. The van der Waals surface area contributed by atoms with Crippen LogP contribution in [0.1, 0.15) is 223 Å². The molecule has 0 aromatic heterocycles. The van der Waals surface area contributed by atoms with Crippen molar-refractivity contribution in [3.63, 3.8) is 0 Å². The monoisotopic (exact) mass is 1600 g/mol. The number of aliphatic hydroxyl groups excluding tert-OH is 7. The van der Waals surface area contributed by atoms with Crippen molar-refractivity contribution in [2.75, 3.05) is 80.8 Å². The van der Waals surface area contributed by atoms with Crippen molar-refractivity contribution in [2.45, 2.75) is 273 Å². The number of likely N-dealkylation sites (N-methyl/N-ethyl adjacent to an activating group) is 1. The van der Waals surface area contributed by atoms with Crippen molar-refractivity contribution < 1.29 is 117 Å². The first-order chi connectivity index (χ1) is 46.7. The van der Waals surface area contributed by atoms with E-state index in [2.05, 4.69) is 40.1 Å². The topological polar surface area (TPSA) is 466 Å². The molecule has 662 valence electrons. The van der Waals surface area contributed by atoms with Crippen LogP contribution in [0.2, 0.25) is 0 Å². The number of phenols is 2. The highest BCUT2D eigenvalue weighted by Crippen LogP contribution is 2.24. The number of para-hydroxylation sites is 4. The fraction of sp³-hybridized carbons (Fsp3) is 0.646. The number of benzene rings is 4. The normalized spacial score (nSPS) is 9.60. The van der Waals surface area contributed by atoms with Gasteiger partial charge in [0.05, 0.1) is 103 Å². The minimum atomic E-state index is -0.840. The van der Waals surface area contributed by atoms with Crippen molar-refractivity contribution >= 4 is 30.0 Å². The highest BCUT2D eigenvalue weighted by molar-refractivity contribution is 5.76. The number of nitrogens with two attached hydrogens (primary N) is 4. The van der Waals surface area contributed by atoms with Crippen molar-refractivity contribution in [3.05, 3.63) is 120 Å². The zero-order chi connectivity index (χ0) is 80.8. The van der Waals surface area contributed by atoms with E-state index in [4.69, 9.17) is 92.9 Å². The summed E-state index contributed by atoms with van der Waals surface area (Å²) in [5.74, 6) is 0.460. The Hall–Kier alpha value is -7.29. The molecule has 0 bridgehead atoms. The first-order valence-electron chi connectivity index (χ1n) is 33.0. The van der Waals surface area contributed by atoms with Crippen LogP contribution in [0.25, 0.3) is 0 Å². The lowest BCUT2D eigenvalue weighted by molar-refractivity contribution is -0.870. The molecule has 0 aliphatic heterocycles. The second kappa shape index (κ2) is 97.8. The minimum absolute atomic E-state index is 0. The van der Waals surface area contributed by atoms with Crippen LogP contribution in [0.15, 0.2) is 109 Å². The highest BCUT2D eigenvalue weighted by Gasteiger charge is 2.22. The van der Waals surface area contributed by atoms with Crippen LogP contribution in [0.3, 0.4) is 0 Å². The Bertz CT molecular complexity index is 2470. The lowest BCUT2D eigenvalue weighted by atomic mass is 9.98. The van der Waals surface area contributed by atoms with Crippen molar-refractivity contribution in [1.29, 1.82) is 0 Å². The number of rotatable bonds is 19. The molecule has 0 aliphatic rings. The number of carbonyl (C=O) groups is 5. The molecule has 0 saturated heterocycles. The van der Waals surface area contributed by atoms with E-state index in [0.29, 0.717) is 37.7 Å². The molecule has 4 aromatic rings. The van der Waals surface area contributed by atoms with E-state index in [1.165, 1.54) is 0 Å². The molecular formula is C82H172N5O23+. The molecule has 0 spiro atoms. The number of hydrogen-bond donors (Lipinski definition) is 14. The molecule has 28 nitrogen and oxygen atoms in total. The second-order valence-corrected chi connectivity index (χ2v) is 24.6. The van der Waals surface area contributed by atoms with Gasteiger partial charge in [0.25, 0.3) is 0 Å². The van der Waals surface area contributed by atoms with Gasteiger partial charge in [-0.1, -0.05) is 153 Å². The van der Waals surface area contributed by atoms with E-state index in [-0.39, 0.29) is 160 Å². The maximum Gasteiger partial charge on any atom is 0.510 e. The molecular weight excluding hydrogens is 1420 g/mol. The van der Waals surface area contributed by atoms with E-state index < -0.39 is 42.8 Å². The quantitative estimate of drug-likeness (QED) is 0.0179. The van der Waals surface area contributed by atoms with Gasteiger partial charge in [0.15, 0.2) is 25.1 Å². The van der Waals surface area contributed by atoms with Gasteiger partial charge in [-0.25, -0.2) is 4.79 Å². The number of esters is 4. The first kappa shape index (κ1) is 148. The van der Waals surface area contributed by atoms with Crippen LogP contribution in [-0.2, 0) is 60.8 Å². The number of quaternary nitrogens is 1. The molecule has 0 aliphatic carbocycles. The number of aromatic hydroxyl groups is 2. The van der Waals surface area contributed by atoms with Gasteiger partial charge in [-0.05, 0) is 174 Å². The molecule has 0 fully saturated rings. The third-order valence-corrected chi connectivity index (χ3v) is 8.96. The summed E-state index contributed by atoms with van der Waals surface area (Å²) in [5.41, 5.74) is 21.1. The van der Waals surface area contributed by atoms with Gasteiger partial charge in [0, 0.05) is 18.2 Å². The fourth-order valence-electron chi connectivity index (χ4n) is 4.67. The van der Waals surface area contributed by atoms with Crippen LogP contribution in [0.5, 0.6) is 23.0 Å². The summed E-state index contributed by atoms with van der Waals surface area (Å²) in [4.78, 5) is 52.6. The van der Waals surface area contributed by atoms with Crippen molar-refractivity contribution in [1.82, 2.24) is 0 Å². The average Bonchev–Trinajstić information content (AvgIpc) is 0.908. The second-order valence-electron chi connectivity index (χ2n) is 24.6. The van der Waals surface area contributed by atoms with E-state index in [1.54, 1.807) is 160 Å². The summed E-state index contributed by atoms with van der Waals surface area (Å²) in [6.45, 7) is 37.1. The Morgan fingerprint density at radius 1 is 0.482 bits per heavy atom. The summed E-state index contributed by atoms with van der Waals surface area (Å²) >= 11 is 0. The Kier molecular flexibility index (Phi) is 132. The number of ether oxygens (including phenoxy) is 8. The van der Waals surface area contributed by atoms with Gasteiger partial charge in [0.1, 0.15) is 30.1 Å². The number of hydrogen-bond acceptors (Lipinski definition) is 27. The van der Waals surface area contributed by atoms with Crippen LogP contribution < -0.4 is 32.4 Å². The molecule has 4 aromatic carbocycles. The summed E-state index contributed by atoms with van der Waals surface area (Å²) in [6.07, 6.45) is -0.762. The number of aliphatic hydroxyl groups is 8. The minimum Gasteiger partial charge on any atom is -0.508 e. The zero-order valence-electron chi connectivity index (χ0n) is 65.0. The molecule has 2 unspecified atom stereocenters. The maximum atomic E-state index is 10.8. The molecule has 4 rings (SSSR count). The lowest BCUT2D eigenvalue weighted by Crippen LogP contribution is -2.36. The first-order valence-corrected chi connectivity index (χ1v) is 33.0.